The van der Waals surface area contributed by atoms with Crippen LogP contribution in [-0.4, -0.2) is 24.5 Å². The van der Waals surface area contributed by atoms with E-state index in [1.807, 2.05) is 0 Å². The van der Waals surface area contributed by atoms with Crippen LogP contribution in [0.1, 0.15) is 43.0 Å². The van der Waals surface area contributed by atoms with E-state index < -0.39 is 5.97 Å². The number of nitrogens with one attached hydrogen (secondary N) is 1. The van der Waals surface area contributed by atoms with Crippen molar-refractivity contribution in [3.05, 3.63) is 28.2 Å². The number of ether oxygens (including phenoxy) is 1. The number of hydrogen-bond donors (Lipinski definition) is 2. The Morgan fingerprint density at radius 3 is 2.68 bits per heavy atom. The predicted octanol–water partition coefficient (Wildman–Crippen LogP) is 2.88. The molecule has 2 rings (SSSR count). The summed E-state index contributed by atoms with van der Waals surface area (Å²) in [6, 6.07) is 5.13. The molecule has 1 saturated carbocycles. The lowest BCUT2D eigenvalue weighted by molar-refractivity contribution is -0.125. The molecule has 1 aliphatic carbocycles. The van der Waals surface area contributed by atoms with E-state index in [-0.39, 0.29) is 24.1 Å². The molecule has 5 nitrogen and oxygen atoms in total. The van der Waals surface area contributed by atoms with Gasteiger partial charge in [-0.1, -0.05) is 22.9 Å². The molecule has 0 unspecified atom stereocenters. The monoisotopic (exact) mass is 368 g/mol. The van der Waals surface area contributed by atoms with E-state index >= 15 is 0 Å². The van der Waals surface area contributed by atoms with Gasteiger partial charge in [-0.3, -0.25) is 4.79 Å². The SMILES string of the molecule is CC1CCC(NC(=O)COC(=O)c2cc(Br)ccc2N)CC1. The van der Waals surface area contributed by atoms with Crippen molar-refractivity contribution >= 4 is 33.5 Å². The second kappa shape index (κ2) is 7.63. The van der Waals surface area contributed by atoms with Crippen LogP contribution in [0.15, 0.2) is 22.7 Å². The quantitative estimate of drug-likeness (QED) is 0.632. The third kappa shape index (κ3) is 4.73. The van der Waals surface area contributed by atoms with Crippen LogP contribution >= 0.6 is 15.9 Å². The molecule has 3 N–H and O–H groups in total. The minimum absolute atomic E-state index is 0.193. The van der Waals surface area contributed by atoms with Gasteiger partial charge >= 0.3 is 5.97 Å². The lowest BCUT2D eigenvalue weighted by Gasteiger charge is -2.26. The summed E-state index contributed by atoms with van der Waals surface area (Å²) in [7, 11) is 0. The van der Waals surface area contributed by atoms with Crippen molar-refractivity contribution in [3.63, 3.8) is 0 Å². The molecule has 22 heavy (non-hydrogen) atoms. The molecule has 0 aromatic heterocycles. The molecule has 1 amide bonds. The van der Waals surface area contributed by atoms with Gasteiger partial charge < -0.3 is 15.8 Å². The van der Waals surface area contributed by atoms with Crippen LogP contribution in [0.5, 0.6) is 0 Å². The highest BCUT2D eigenvalue weighted by molar-refractivity contribution is 9.10. The highest BCUT2D eigenvalue weighted by atomic mass is 79.9. The van der Waals surface area contributed by atoms with Crippen molar-refractivity contribution in [1.29, 1.82) is 0 Å². The molecule has 0 heterocycles. The van der Waals surface area contributed by atoms with Gasteiger partial charge in [0.25, 0.3) is 5.91 Å². The molecule has 0 bridgehead atoms. The molecule has 120 valence electrons. The van der Waals surface area contributed by atoms with Crippen LogP contribution in [0.4, 0.5) is 5.69 Å². The van der Waals surface area contributed by atoms with Gasteiger partial charge in [0.05, 0.1) is 5.56 Å². The standard InChI is InChI=1S/C16H21BrN2O3/c1-10-2-5-12(6-3-10)19-15(20)9-22-16(21)13-8-11(17)4-7-14(13)18/h4,7-8,10,12H,2-3,5-6,9,18H2,1H3,(H,19,20). The van der Waals surface area contributed by atoms with E-state index in [0.717, 1.165) is 36.1 Å². The molecule has 1 aliphatic rings. The van der Waals surface area contributed by atoms with Crippen LogP contribution in [0.3, 0.4) is 0 Å². The second-order valence-corrected chi connectivity index (χ2v) is 6.75. The number of hydrogen-bond acceptors (Lipinski definition) is 4. The Balaban J connectivity index is 1.80. The molecule has 1 aromatic rings. The molecule has 0 radical (unpaired) electrons. The number of esters is 1. The second-order valence-electron chi connectivity index (χ2n) is 5.83. The fourth-order valence-electron chi connectivity index (χ4n) is 2.59. The Bertz CT molecular complexity index is 554. The number of carbonyl (C=O) groups excluding carboxylic acids is 2. The lowest BCUT2D eigenvalue weighted by Crippen LogP contribution is -2.39. The van der Waals surface area contributed by atoms with E-state index in [1.165, 1.54) is 0 Å². The van der Waals surface area contributed by atoms with Gasteiger partial charge in [-0.2, -0.15) is 0 Å². The van der Waals surface area contributed by atoms with Gasteiger partial charge in [0.15, 0.2) is 6.61 Å². The molecule has 0 saturated heterocycles. The minimum Gasteiger partial charge on any atom is -0.452 e. The molecular formula is C16H21BrN2O3. The normalized spacial score (nSPS) is 21.2. The van der Waals surface area contributed by atoms with E-state index in [1.54, 1.807) is 18.2 Å². The number of rotatable bonds is 4. The summed E-state index contributed by atoms with van der Waals surface area (Å²) >= 11 is 3.27. The maximum absolute atomic E-state index is 12.0. The molecular weight excluding hydrogens is 348 g/mol. The van der Waals surface area contributed by atoms with Crippen molar-refractivity contribution in [3.8, 4) is 0 Å². The van der Waals surface area contributed by atoms with Crippen molar-refractivity contribution in [2.24, 2.45) is 5.92 Å². The first-order valence-electron chi connectivity index (χ1n) is 7.47. The summed E-state index contributed by atoms with van der Waals surface area (Å²) in [6.45, 7) is 1.94. The highest BCUT2D eigenvalue weighted by Gasteiger charge is 2.20. The zero-order valence-corrected chi connectivity index (χ0v) is 14.2. The number of benzene rings is 1. The number of nitrogen functional groups attached to an aromatic ring is 1. The van der Waals surface area contributed by atoms with Gasteiger partial charge in [0.2, 0.25) is 0 Å². The van der Waals surface area contributed by atoms with E-state index in [2.05, 4.69) is 28.2 Å². The van der Waals surface area contributed by atoms with Crippen molar-refractivity contribution in [2.45, 2.75) is 38.6 Å². The Hall–Kier alpha value is -1.56. The van der Waals surface area contributed by atoms with E-state index in [9.17, 15) is 9.59 Å². The molecule has 6 heteroatoms. The average molecular weight is 369 g/mol. The first kappa shape index (κ1) is 16.8. The Morgan fingerprint density at radius 1 is 1.32 bits per heavy atom. The topological polar surface area (TPSA) is 81.4 Å². The number of carbonyl (C=O) groups is 2. The lowest BCUT2D eigenvalue weighted by atomic mass is 9.87. The Kier molecular flexibility index (Phi) is 5.83. The smallest absolute Gasteiger partial charge is 0.340 e. The zero-order valence-electron chi connectivity index (χ0n) is 12.6. The zero-order chi connectivity index (χ0) is 16.1. The first-order chi connectivity index (χ1) is 10.5. The van der Waals surface area contributed by atoms with Gasteiger partial charge in [-0.15, -0.1) is 0 Å². The molecule has 1 aromatic carbocycles. The van der Waals surface area contributed by atoms with Crippen LogP contribution in [0, 0.1) is 5.92 Å². The first-order valence-corrected chi connectivity index (χ1v) is 8.26. The minimum atomic E-state index is -0.591. The van der Waals surface area contributed by atoms with Crippen LogP contribution in [0.2, 0.25) is 0 Å². The van der Waals surface area contributed by atoms with Crippen molar-refractivity contribution < 1.29 is 14.3 Å². The van der Waals surface area contributed by atoms with E-state index in [0.29, 0.717) is 5.69 Å². The Labute approximate surface area is 138 Å². The predicted molar refractivity (Wildman–Crippen MR) is 88.4 cm³/mol. The number of anilines is 1. The summed E-state index contributed by atoms with van der Waals surface area (Å²) in [5.41, 5.74) is 6.32. The van der Waals surface area contributed by atoms with Crippen LogP contribution in [0.25, 0.3) is 0 Å². The third-order valence-corrected chi connectivity index (χ3v) is 4.44. The van der Waals surface area contributed by atoms with Gasteiger partial charge in [-0.05, 0) is 49.8 Å². The molecule has 0 atom stereocenters. The van der Waals surface area contributed by atoms with Gasteiger partial charge in [-0.25, -0.2) is 4.79 Å². The molecule has 0 aliphatic heterocycles. The average Bonchev–Trinajstić information content (AvgIpc) is 2.49. The molecule has 0 spiro atoms. The fraction of sp³-hybridized carbons (Fsp3) is 0.500. The number of amides is 1. The number of nitrogens with two attached hydrogens (primary N) is 1. The summed E-state index contributed by atoms with van der Waals surface area (Å²) in [6.07, 6.45) is 4.22. The molecule has 1 fully saturated rings. The van der Waals surface area contributed by atoms with Crippen molar-refractivity contribution in [1.82, 2.24) is 5.32 Å². The maximum Gasteiger partial charge on any atom is 0.340 e. The summed E-state index contributed by atoms with van der Waals surface area (Å²) in [5.74, 6) is -0.127. The highest BCUT2D eigenvalue weighted by Crippen LogP contribution is 2.23. The largest absolute Gasteiger partial charge is 0.452 e. The van der Waals surface area contributed by atoms with Gasteiger partial charge in [0, 0.05) is 16.2 Å². The third-order valence-electron chi connectivity index (χ3n) is 3.95. The summed E-state index contributed by atoms with van der Waals surface area (Å²) in [4.78, 5) is 23.8. The van der Waals surface area contributed by atoms with Gasteiger partial charge in [0.1, 0.15) is 0 Å². The fourth-order valence-corrected chi connectivity index (χ4v) is 2.95. The van der Waals surface area contributed by atoms with E-state index in [4.69, 9.17) is 10.5 Å². The maximum atomic E-state index is 12.0. The Morgan fingerprint density at radius 2 is 2.00 bits per heavy atom. The summed E-state index contributed by atoms with van der Waals surface area (Å²) in [5, 5.41) is 2.92. The summed E-state index contributed by atoms with van der Waals surface area (Å²) < 4.78 is 5.77. The van der Waals surface area contributed by atoms with Crippen LogP contribution in [-0.2, 0) is 9.53 Å². The van der Waals surface area contributed by atoms with Crippen molar-refractivity contribution in [2.75, 3.05) is 12.3 Å². The van der Waals surface area contributed by atoms with Crippen LogP contribution < -0.4 is 11.1 Å². The number of halogens is 1.